The van der Waals surface area contributed by atoms with E-state index in [2.05, 4.69) is 0 Å². The van der Waals surface area contributed by atoms with Crippen molar-refractivity contribution in [2.45, 2.75) is 6.54 Å². The lowest BCUT2D eigenvalue weighted by molar-refractivity contribution is -0.384. The summed E-state index contributed by atoms with van der Waals surface area (Å²) in [7, 11) is 1.57. The van der Waals surface area contributed by atoms with Gasteiger partial charge in [0.15, 0.2) is 0 Å². The second kappa shape index (κ2) is 8.54. The van der Waals surface area contributed by atoms with E-state index in [-0.39, 0.29) is 18.1 Å². The predicted octanol–water partition coefficient (Wildman–Crippen LogP) is 5.10. The molecule has 0 spiro atoms. The molecule has 3 rings (SSSR count). The van der Waals surface area contributed by atoms with Crippen molar-refractivity contribution in [2.24, 2.45) is 0 Å². The van der Waals surface area contributed by atoms with Crippen molar-refractivity contribution < 1.29 is 14.5 Å². The van der Waals surface area contributed by atoms with E-state index in [0.717, 1.165) is 5.56 Å². The van der Waals surface area contributed by atoms with Crippen LogP contribution in [0.3, 0.4) is 0 Å². The van der Waals surface area contributed by atoms with Crippen LogP contribution >= 0.6 is 11.6 Å². The highest BCUT2D eigenvalue weighted by Crippen LogP contribution is 2.24. The number of nitro groups is 1. The number of rotatable bonds is 6. The normalized spacial score (nSPS) is 10.4. The van der Waals surface area contributed by atoms with Crippen LogP contribution in [0.2, 0.25) is 5.02 Å². The van der Waals surface area contributed by atoms with E-state index < -0.39 is 4.92 Å². The lowest BCUT2D eigenvalue weighted by Gasteiger charge is -2.23. The van der Waals surface area contributed by atoms with Crippen molar-refractivity contribution in [3.05, 3.63) is 99.1 Å². The largest absolute Gasteiger partial charge is 0.497 e. The molecule has 7 heteroatoms. The minimum Gasteiger partial charge on any atom is -0.497 e. The van der Waals surface area contributed by atoms with E-state index >= 15 is 0 Å². The molecule has 0 unspecified atom stereocenters. The molecule has 0 aliphatic rings. The Bertz CT molecular complexity index is 971. The fourth-order valence-electron chi connectivity index (χ4n) is 2.70. The standard InChI is InChI=1S/C21H17ClN2O4/c1-28-20-12-10-18(11-13-20)23(21(25)16-4-6-17(22)7-5-16)14-15-2-8-19(9-3-15)24(26)27/h2-13H,14H2,1H3. The molecule has 0 atom stereocenters. The quantitative estimate of drug-likeness (QED) is 0.429. The van der Waals surface area contributed by atoms with Crippen molar-refractivity contribution in [3.63, 3.8) is 0 Å². The highest BCUT2D eigenvalue weighted by molar-refractivity contribution is 6.30. The van der Waals surface area contributed by atoms with Gasteiger partial charge < -0.3 is 9.64 Å². The predicted molar refractivity (Wildman–Crippen MR) is 108 cm³/mol. The molecule has 6 nitrogen and oxygen atoms in total. The van der Waals surface area contributed by atoms with Gasteiger partial charge in [-0.25, -0.2) is 0 Å². The van der Waals surface area contributed by atoms with Gasteiger partial charge >= 0.3 is 0 Å². The Morgan fingerprint density at radius 2 is 1.61 bits per heavy atom. The summed E-state index contributed by atoms with van der Waals surface area (Å²) in [6, 6.07) is 19.9. The molecule has 142 valence electrons. The fraction of sp³-hybridized carbons (Fsp3) is 0.0952. The number of carbonyl (C=O) groups is 1. The average Bonchev–Trinajstić information content (AvgIpc) is 2.72. The van der Waals surface area contributed by atoms with Gasteiger partial charge in [-0.1, -0.05) is 23.7 Å². The Balaban J connectivity index is 1.94. The van der Waals surface area contributed by atoms with Crippen LogP contribution < -0.4 is 9.64 Å². The molecule has 0 aliphatic heterocycles. The molecule has 0 aliphatic carbocycles. The van der Waals surface area contributed by atoms with Crippen LogP contribution in [0.25, 0.3) is 0 Å². The van der Waals surface area contributed by atoms with Crippen LogP contribution in [0.5, 0.6) is 5.75 Å². The summed E-state index contributed by atoms with van der Waals surface area (Å²) in [6.07, 6.45) is 0. The Morgan fingerprint density at radius 3 is 2.14 bits per heavy atom. The molecule has 0 radical (unpaired) electrons. The molecule has 0 bridgehead atoms. The van der Waals surface area contributed by atoms with Gasteiger partial charge in [0.25, 0.3) is 11.6 Å². The van der Waals surface area contributed by atoms with Crippen molar-refractivity contribution >= 4 is 28.9 Å². The van der Waals surface area contributed by atoms with Crippen LogP contribution in [0.4, 0.5) is 11.4 Å². The molecular formula is C21H17ClN2O4. The Labute approximate surface area is 167 Å². The number of benzene rings is 3. The third-order valence-electron chi connectivity index (χ3n) is 4.21. The number of halogens is 1. The van der Waals surface area contributed by atoms with Crippen LogP contribution in [0, 0.1) is 10.1 Å². The number of anilines is 1. The monoisotopic (exact) mass is 396 g/mol. The van der Waals surface area contributed by atoms with Gasteiger partial charge in [0, 0.05) is 28.4 Å². The molecular weight excluding hydrogens is 380 g/mol. The minimum atomic E-state index is -0.454. The van der Waals surface area contributed by atoms with Crippen molar-refractivity contribution in [1.82, 2.24) is 0 Å². The topological polar surface area (TPSA) is 72.7 Å². The van der Waals surface area contributed by atoms with Crippen molar-refractivity contribution in [1.29, 1.82) is 0 Å². The summed E-state index contributed by atoms with van der Waals surface area (Å²) < 4.78 is 5.18. The maximum atomic E-state index is 13.1. The van der Waals surface area contributed by atoms with E-state index in [1.54, 1.807) is 72.7 Å². The van der Waals surface area contributed by atoms with Gasteiger partial charge in [0.1, 0.15) is 5.75 Å². The van der Waals surface area contributed by atoms with E-state index in [4.69, 9.17) is 16.3 Å². The maximum Gasteiger partial charge on any atom is 0.269 e. The zero-order valence-electron chi connectivity index (χ0n) is 15.0. The Kier molecular flexibility index (Phi) is 5.91. The molecule has 3 aromatic carbocycles. The van der Waals surface area contributed by atoms with Crippen LogP contribution in [-0.2, 0) is 6.54 Å². The number of hydrogen-bond acceptors (Lipinski definition) is 4. The van der Waals surface area contributed by atoms with Crippen molar-refractivity contribution in [3.8, 4) is 5.75 Å². The SMILES string of the molecule is COc1ccc(N(Cc2ccc([N+](=O)[O-])cc2)C(=O)c2ccc(Cl)cc2)cc1. The van der Waals surface area contributed by atoms with E-state index in [9.17, 15) is 14.9 Å². The summed E-state index contributed by atoms with van der Waals surface area (Å²) in [6.45, 7) is 0.256. The number of methoxy groups -OCH3 is 1. The Hall–Kier alpha value is -3.38. The van der Waals surface area contributed by atoms with Gasteiger partial charge in [0.05, 0.1) is 18.6 Å². The molecule has 28 heavy (non-hydrogen) atoms. The van der Waals surface area contributed by atoms with Crippen LogP contribution in [0.15, 0.2) is 72.8 Å². The van der Waals surface area contributed by atoms with Crippen molar-refractivity contribution in [2.75, 3.05) is 12.0 Å². The number of nitro benzene ring substituents is 1. The first kappa shape index (κ1) is 19.4. The zero-order chi connectivity index (χ0) is 20.1. The summed E-state index contributed by atoms with van der Waals surface area (Å²) in [5.41, 5.74) is 1.94. The summed E-state index contributed by atoms with van der Waals surface area (Å²) in [4.78, 5) is 25.1. The van der Waals surface area contributed by atoms with Gasteiger partial charge in [-0.2, -0.15) is 0 Å². The number of nitrogens with zero attached hydrogens (tertiary/aromatic N) is 2. The summed E-state index contributed by atoms with van der Waals surface area (Å²) in [5.74, 6) is 0.471. The maximum absolute atomic E-state index is 13.1. The number of amides is 1. The van der Waals surface area contributed by atoms with Gasteiger partial charge in [-0.05, 0) is 54.1 Å². The van der Waals surface area contributed by atoms with Crippen LogP contribution in [-0.4, -0.2) is 17.9 Å². The highest BCUT2D eigenvalue weighted by atomic mass is 35.5. The van der Waals surface area contributed by atoms with Gasteiger partial charge in [-0.3, -0.25) is 14.9 Å². The second-order valence-corrected chi connectivity index (χ2v) is 6.46. The molecule has 3 aromatic rings. The number of non-ortho nitro benzene ring substituents is 1. The summed E-state index contributed by atoms with van der Waals surface area (Å²) in [5, 5.41) is 11.4. The molecule has 0 aromatic heterocycles. The van der Waals surface area contributed by atoms with Crippen LogP contribution in [0.1, 0.15) is 15.9 Å². The summed E-state index contributed by atoms with van der Waals surface area (Å²) >= 11 is 5.92. The molecule has 0 N–H and O–H groups in total. The molecule has 0 saturated carbocycles. The number of ether oxygens (including phenoxy) is 1. The zero-order valence-corrected chi connectivity index (χ0v) is 15.8. The first-order valence-corrected chi connectivity index (χ1v) is 8.80. The third-order valence-corrected chi connectivity index (χ3v) is 4.46. The lowest BCUT2D eigenvalue weighted by Crippen LogP contribution is -2.30. The Morgan fingerprint density at radius 1 is 1.00 bits per heavy atom. The van der Waals surface area contributed by atoms with E-state index in [1.165, 1.54) is 12.1 Å². The van der Waals surface area contributed by atoms with E-state index in [0.29, 0.717) is 22.0 Å². The first-order valence-electron chi connectivity index (χ1n) is 8.43. The van der Waals surface area contributed by atoms with Gasteiger partial charge in [-0.15, -0.1) is 0 Å². The first-order chi connectivity index (χ1) is 13.5. The second-order valence-electron chi connectivity index (χ2n) is 6.02. The average molecular weight is 397 g/mol. The molecule has 0 fully saturated rings. The minimum absolute atomic E-state index is 0.00350. The number of hydrogen-bond donors (Lipinski definition) is 0. The lowest BCUT2D eigenvalue weighted by atomic mass is 10.1. The van der Waals surface area contributed by atoms with E-state index in [1.807, 2.05) is 0 Å². The van der Waals surface area contributed by atoms with Gasteiger partial charge in [0.2, 0.25) is 0 Å². The molecule has 0 saturated heterocycles. The third kappa shape index (κ3) is 4.47. The fourth-order valence-corrected chi connectivity index (χ4v) is 2.82. The smallest absolute Gasteiger partial charge is 0.269 e. The highest BCUT2D eigenvalue weighted by Gasteiger charge is 2.19. The molecule has 1 amide bonds. The molecule has 0 heterocycles. The number of carbonyl (C=O) groups excluding carboxylic acids is 1.